The maximum Gasteiger partial charge on any atom is 0.271 e. The molecule has 1 amide bonds. The zero-order chi connectivity index (χ0) is 27.2. The molecule has 0 unspecified atom stereocenters. The van der Waals surface area contributed by atoms with Gasteiger partial charge in [-0.1, -0.05) is 83.9 Å². The van der Waals surface area contributed by atoms with Crippen LogP contribution in [-0.2, 0) is 6.61 Å². The number of carbonyl (C=O) groups is 1. The third-order valence-corrected chi connectivity index (χ3v) is 6.72. The van der Waals surface area contributed by atoms with Crippen LogP contribution in [0.3, 0.4) is 0 Å². The highest BCUT2D eigenvalue weighted by Crippen LogP contribution is 2.34. The zero-order valence-electron chi connectivity index (χ0n) is 21.1. The summed E-state index contributed by atoms with van der Waals surface area (Å²) in [5.41, 5.74) is 8.96. The predicted molar refractivity (Wildman–Crippen MR) is 158 cm³/mol. The van der Waals surface area contributed by atoms with Crippen molar-refractivity contribution < 1.29 is 9.53 Å². The number of carbonyl (C=O) groups excluding carboxylic acids is 1. The summed E-state index contributed by atoms with van der Waals surface area (Å²) in [5, 5.41) is 4.79. The molecule has 0 atom stereocenters. The van der Waals surface area contributed by atoms with Crippen LogP contribution in [0.2, 0.25) is 10.0 Å². The minimum Gasteiger partial charge on any atom is -0.486 e. The molecule has 0 spiro atoms. The lowest BCUT2D eigenvalue weighted by Crippen LogP contribution is -2.17. The molecule has 5 rings (SSSR count). The fourth-order valence-corrected chi connectivity index (χ4v) is 4.84. The summed E-state index contributed by atoms with van der Waals surface area (Å²) in [4.78, 5) is 12.7. The molecule has 0 saturated carbocycles. The van der Waals surface area contributed by atoms with Gasteiger partial charge in [0, 0.05) is 16.9 Å². The van der Waals surface area contributed by atoms with Gasteiger partial charge in [-0.15, -0.1) is 0 Å². The Kier molecular flexibility index (Phi) is 8.11. The monoisotopic (exact) mass is 553 g/mol. The van der Waals surface area contributed by atoms with Crippen molar-refractivity contribution >= 4 is 35.3 Å². The maximum absolute atomic E-state index is 12.7. The van der Waals surface area contributed by atoms with Gasteiger partial charge in [-0.2, -0.15) is 5.10 Å². The number of hydrogen-bond acceptors (Lipinski definition) is 3. The Morgan fingerprint density at radius 1 is 0.872 bits per heavy atom. The molecule has 0 saturated heterocycles. The van der Waals surface area contributed by atoms with Crippen molar-refractivity contribution in [3.05, 3.63) is 142 Å². The average Bonchev–Trinajstić information content (AvgIpc) is 3.35. The quantitative estimate of drug-likeness (QED) is 0.156. The second-order valence-electron chi connectivity index (χ2n) is 8.90. The van der Waals surface area contributed by atoms with Crippen molar-refractivity contribution in [2.75, 3.05) is 0 Å². The van der Waals surface area contributed by atoms with E-state index in [1.54, 1.807) is 24.3 Å². The molecular weight excluding hydrogens is 529 g/mol. The summed E-state index contributed by atoms with van der Waals surface area (Å²) in [6, 6.07) is 34.9. The molecule has 0 radical (unpaired) electrons. The van der Waals surface area contributed by atoms with Crippen molar-refractivity contribution in [1.82, 2.24) is 9.99 Å². The number of benzene rings is 4. The second-order valence-corrected chi connectivity index (χ2v) is 9.71. The van der Waals surface area contributed by atoms with Crippen molar-refractivity contribution in [2.45, 2.75) is 13.5 Å². The molecule has 39 heavy (non-hydrogen) atoms. The first-order valence-electron chi connectivity index (χ1n) is 12.3. The Hall–Kier alpha value is -4.32. The lowest BCUT2D eigenvalue weighted by molar-refractivity contribution is 0.0955. The van der Waals surface area contributed by atoms with Crippen LogP contribution in [0.15, 0.2) is 114 Å². The normalized spacial score (nSPS) is 11.1. The number of nitrogens with zero attached hydrogens (tertiary/aromatic N) is 2. The maximum atomic E-state index is 12.7. The van der Waals surface area contributed by atoms with E-state index in [9.17, 15) is 4.79 Å². The Labute approximate surface area is 237 Å². The summed E-state index contributed by atoms with van der Waals surface area (Å²) in [6.07, 6.45) is 1.49. The van der Waals surface area contributed by atoms with E-state index < -0.39 is 0 Å². The molecule has 1 N–H and O–H groups in total. The highest BCUT2D eigenvalue weighted by molar-refractivity contribution is 6.37. The highest BCUT2D eigenvalue weighted by atomic mass is 35.5. The van der Waals surface area contributed by atoms with Crippen LogP contribution < -0.4 is 10.2 Å². The zero-order valence-corrected chi connectivity index (χ0v) is 22.7. The Morgan fingerprint density at radius 3 is 2.18 bits per heavy atom. The molecule has 0 aliphatic heterocycles. The van der Waals surface area contributed by atoms with Crippen LogP contribution in [0, 0.1) is 6.92 Å². The van der Waals surface area contributed by atoms with Gasteiger partial charge in [0.1, 0.15) is 6.61 Å². The van der Waals surface area contributed by atoms with Gasteiger partial charge in [-0.3, -0.25) is 4.79 Å². The third kappa shape index (κ3) is 6.23. The van der Waals surface area contributed by atoms with Gasteiger partial charge in [0.25, 0.3) is 5.91 Å². The van der Waals surface area contributed by atoms with Gasteiger partial charge >= 0.3 is 0 Å². The van der Waals surface area contributed by atoms with E-state index in [1.807, 2.05) is 60.7 Å². The number of ether oxygens (including phenoxy) is 1. The van der Waals surface area contributed by atoms with E-state index in [0.717, 1.165) is 28.2 Å². The van der Waals surface area contributed by atoms with E-state index in [-0.39, 0.29) is 5.91 Å². The Bertz CT molecular complexity index is 1590. The molecule has 194 valence electrons. The van der Waals surface area contributed by atoms with Crippen LogP contribution in [0.25, 0.3) is 16.9 Å². The van der Waals surface area contributed by atoms with Crippen LogP contribution in [0.1, 0.15) is 27.2 Å². The van der Waals surface area contributed by atoms with Crippen molar-refractivity contribution in [1.29, 1.82) is 0 Å². The van der Waals surface area contributed by atoms with Gasteiger partial charge < -0.3 is 9.30 Å². The molecule has 1 heterocycles. The van der Waals surface area contributed by atoms with Gasteiger partial charge in [-0.05, 0) is 72.1 Å². The van der Waals surface area contributed by atoms with Crippen molar-refractivity contribution in [3.63, 3.8) is 0 Å². The Balaban J connectivity index is 1.24. The van der Waals surface area contributed by atoms with Gasteiger partial charge in [0.15, 0.2) is 5.75 Å². The molecule has 0 fully saturated rings. The topological polar surface area (TPSA) is 55.6 Å². The van der Waals surface area contributed by atoms with Gasteiger partial charge in [0.05, 0.1) is 22.0 Å². The highest BCUT2D eigenvalue weighted by Gasteiger charge is 2.12. The summed E-state index contributed by atoms with van der Waals surface area (Å²) in [7, 11) is 0. The molecule has 5 aromatic rings. The summed E-state index contributed by atoms with van der Waals surface area (Å²) in [5.74, 6) is 0.0714. The molecule has 4 aromatic carbocycles. The first-order valence-corrected chi connectivity index (χ1v) is 13.1. The minimum absolute atomic E-state index is 0.328. The van der Waals surface area contributed by atoms with Crippen LogP contribution in [0.4, 0.5) is 0 Å². The molecule has 0 aliphatic rings. The number of aromatic nitrogens is 1. The molecule has 0 bridgehead atoms. The number of amides is 1. The molecule has 7 heteroatoms. The summed E-state index contributed by atoms with van der Waals surface area (Å²) < 4.78 is 7.97. The van der Waals surface area contributed by atoms with Crippen molar-refractivity contribution in [2.24, 2.45) is 5.10 Å². The van der Waals surface area contributed by atoms with Crippen LogP contribution in [0.5, 0.6) is 5.75 Å². The number of hydrogen-bond donors (Lipinski definition) is 1. The number of rotatable bonds is 8. The van der Waals surface area contributed by atoms with Gasteiger partial charge in [0.2, 0.25) is 0 Å². The molecular formula is C32H25Cl2N3O2. The number of nitrogens with one attached hydrogen (secondary N) is 1. The summed E-state index contributed by atoms with van der Waals surface area (Å²) in [6.45, 7) is 2.41. The standard InChI is InChI=1S/C32H25Cl2N3O2/c1-22-12-17-30(25-10-6-3-7-11-25)37(22)27-15-13-26(14-16-27)32(38)36-35-20-24-18-28(33)31(29(34)19-24)39-21-23-8-4-2-5-9-23/h2-20H,21H2,1H3,(H,36,38)/b35-20+. The van der Waals surface area contributed by atoms with Crippen LogP contribution >= 0.6 is 23.2 Å². The first kappa shape index (κ1) is 26.3. The first-order chi connectivity index (χ1) is 19.0. The SMILES string of the molecule is Cc1ccc(-c2ccccc2)n1-c1ccc(C(=O)N/N=C/c2cc(Cl)c(OCc3ccccc3)c(Cl)c2)cc1. The van der Waals surface area contributed by atoms with E-state index in [4.69, 9.17) is 27.9 Å². The van der Waals surface area contributed by atoms with E-state index in [0.29, 0.717) is 33.5 Å². The fourth-order valence-electron chi connectivity index (χ4n) is 4.23. The fraction of sp³-hybridized carbons (Fsp3) is 0.0625. The van der Waals surface area contributed by atoms with E-state index >= 15 is 0 Å². The third-order valence-electron chi connectivity index (χ3n) is 6.16. The minimum atomic E-state index is -0.328. The molecule has 1 aromatic heterocycles. The summed E-state index contributed by atoms with van der Waals surface area (Å²) >= 11 is 12.8. The predicted octanol–water partition coefficient (Wildman–Crippen LogP) is 8.10. The molecule has 0 aliphatic carbocycles. The average molecular weight is 554 g/mol. The number of halogens is 2. The Morgan fingerprint density at radius 2 is 1.51 bits per heavy atom. The number of aryl methyl sites for hydroxylation is 1. The lowest BCUT2D eigenvalue weighted by Gasteiger charge is -2.13. The van der Waals surface area contributed by atoms with Crippen LogP contribution in [-0.4, -0.2) is 16.7 Å². The molecule has 5 nitrogen and oxygen atoms in total. The smallest absolute Gasteiger partial charge is 0.271 e. The lowest BCUT2D eigenvalue weighted by atomic mass is 10.1. The van der Waals surface area contributed by atoms with E-state index in [2.05, 4.69) is 46.3 Å². The number of hydrazone groups is 1. The largest absolute Gasteiger partial charge is 0.486 e. The van der Waals surface area contributed by atoms with Gasteiger partial charge in [-0.25, -0.2) is 5.43 Å². The van der Waals surface area contributed by atoms with E-state index in [1.165, 1.54) is 6.21 Å². The van der Waals surface area contributed by atoms with Crippen molar-refractivity contribution in [3.8, 4) is 22.7 Å². The second kappa shape index (κ2) is 12.0.